The summed E-state index contributed by atoms with van der Waals surface area (Å²) < 4.78 is 37.3. The van der Waals surface area contributed by atoms with Crippen LogP contribution in [0.4, 0.5) is 13.2 Å². The summed E-state index contributed by atoms with van der Waals surface area (Å²) in [5, 5.41) is 9.00. The molecule has 0 radical (unpaired) electrons. The summed E-state index contributed by atoms with van der Waals surface area (Å²) in [6, 6.07) is 5.03. The molecule has 1 fully saturated rings. The molecule has 0 bridgehead atoms. The maximum atomic E-state index is 12.4. The van der Waals surface area contributed by atoms with E-state index < -0.39 is 17.7 Å². The minimum absolute atomic E-state index is 0.377. The molecular formula is C14H16F3NO2. The molecule has 1 N–H and O–H groups in total. The van der Waals surface area contributed by atoms with Gasteiger partial charge in [-0.05, 0) is 37.1 Å². The predicted molar refractivity (Wildman–Crippen MR) is 67.1 cm³/mol. The molecule has 20 heavy (non-hydrogen) atoms. The second-order valence-corrected chi connectivity index (χ2v) is 5.11. The first-order valence-electron chi connectivity index (χ1n) is 6.47. The quantitative estimate of drug-likeness (QED) is 0.929. The first-order chi connectivity index (χ1) is 9.36. The number of likely N-dealkylation sites (tertiary alicyclic amines) is 1. The molecule has 1 saturated heterocycles. The molecule has 1 aliphatic heterocycles. The molecule has 6 heteroatoms. The molecule has 0 aromatic heterocycles. The highest BCUT2D eigenvalue weighted by Gasteiger charge is 2.30. The summed E-state index contributed by atoms with van der Waals surface area (Å²) in [4.78, 5) is 12.9. The molecule has 1 heterocycles. The van der Waals surface area contributed by atoms with Gasteiger partial charge >= 0.3 is 12.1 Å². The number of benzene rings is 1. The van der Waals surface area contributed by atoms with E-state index in [-0.39, 0.29) is 5.92 Å². The summed E-state index contributed by atoms with van der Waals surface area (Å²) in [7, 11) is 0. The van der Waals surface area contributed by atoms with E-state index in [2.05, 4.69) is 0 Å². The number of rotatable bonds is 3. The first kappa shape index (κ1) is 14.8. The number of alkyl halides is 3. The van der Waals surface area contributed by atoms with Gasteiger partial charge in [0.15, 0.2) is 0 Å². The Morgan fingerprint density at radius 2 is 1.95 bits per heavy atom. The van der Waals surface area contributed by atoms with Crippen LogP contribution in [0, 0.1) is 5.92 Å². The zero-order chi connectivity index (χ0) is 14.8. The van der Waals surface area contributed by atoms with Gasteiger partial charge in [0.05, 0.1) is 11.5 Å². The lowest BCUT2D eigenvalue weighted by atomic mass is 9.98. The van der Waals surface area contributed by atoms with Crippen LogP contribution in [-0.2, 0) is 17.5 Å². The number of carboxylic acids is 1. The second kappa shape index (κ2) is 5.83. The lowest BCUT2D eigenvalue weighted by Crippen LogP contribution is -2.38. The third kappa shape index (κ3) is 3.72. The smallest absolute Gasteiger partial charge is 0.416 e. The van der Waals surface area contributed by atoms with Crippen molar-refractivity contribution in [2.45, 2.75) is 25.6 Å². The highest BCUT2D eigenvalue weighted by atomic mass is 19.4. The Morgan fingerprint density at radius 1 is 1.30 bits per heavy atom. The number of carboxylic acid groups (broad SMARTS) is 1. The van der Waals surface area contributed by atoms with Gasteiger partial charge in [-0.25, -0.2) is 0 Å². The molecule has 0 aliphatic carbocycles. The number of nitrogens with zero attached hydrogens (tertiary/aromatic N) is 1. The predicted octanol–water partition coefficient (Wildman–Crippen LogP) is 3.00. The van der Waals surface area contributed by atoms with Crippen molar-refractivity contribution in [3.05, 3.63) is 35.4 Å². The average Bonchev–Trinajstić information content (AvgIpc) is 2.38. The molecule has 3 nitrogen and oxygen atoms in total. The Balaban J connectivity index is 1.98. The second-order valence-electron chi connectivity index (χ2n) is 5.11. The van der Waals surface area contributed by atoms with Crippen LogP contribution in [-0.4, -0.2) is 29.1 Å². The van der Waals surface area contributed by atoms with Crippen LogP contribution in [0.2, 0.25) is 0 Å². The Morgan fingerprint density at radius 3 is 2.50 bits per heavy atom. The number of aliphatic carboxylic acids is 1. The van der Waals surface area contributed by atoms with Gasteiger partial charge in [0.2, 0.25) is 0 Å². The van der Waals surface area contributed by atoms with Crippen LogP contribution >= 0.6 is 0 Å². The van der Waals surface area contributed by atoms with Crippen LogP contribution in [0.1, 0.15) is 24.0 Å². The van der Waals surface area contributed by atoms with Crippen molar-refractivity contribution in [3.63, 3.8) is 0 Å². The molecule has 1 aromatic rings. The number of halogens is 3. The normalized spacial score (nSPS) is 20.9. The molecule has 1 atom stereocenters. The van der Waals surface area contributed by atoms with Crippen LogP contribution in [0.3, 0.4) is 0 Å². The molecule has 0 amide bonds. The minimum atomic E-state index is -4.32. The van der Waals surface area contributed by atoms with E-state index >= 15 is 0 Å². The summed E-state index contributed by atoms with van der Waals surface area (Å²) in [6.45, 7) is 1.73. The average molecular weight is 287 g/mol. The zero-order valence-corrected chi connectivity index (χ0v) is 10.9. The van der Waals surface area contributed by atoms with Gasteiger partial charge < -0.3 is 5.11 Å². The van der Waals surface area contributed by atoms with Gasteiger partial charge in [0, 0.05) is 13.1 Å². The zero-order valence-electron chi connectivity index (χ0n) is 10.9. The van der Waals surface area contributed by atoms with Gasteiger partial charge in [0.1, 0.15) is 0 Å². The summed E-state index contributed by atoms with van der Waals surface area (Å²) in [5.74, 6) is -1.18. The van der Waals surface area contributed by atoms with E-state index in [1.54, 1.807) is 0 Å². The monoisotopic (exact) mass is 287 g/mol. The van der Waals surface area contributed by atoms with E-state index in [0.717, 1.165) is 30.7 Å². The molecule has 110 valence electrons. The van der Waals surface area contributed by atoms with E-state index in [1.165, 1.54) is 12.1 Å². The lowest BCUT2D eigenvalue weighted by Gasteiger charge is -2.30. The molecule has 1 aliphatic rings. The molecular weight excluding hydrogens is 271 g/mol. The fraction of sp³-hybridized carbons (Fsp3) is 0.500. The third-order valence-corrected chi connectivity index (χ3v) is 3.54. The van der Waals surface area contributed by atoms with Gasteiger partial charge in [-0.1, -0.05) is 12.1 Å². The van der Waals surface area contributed by atoms with Crippen molar-refractivity contribution in [2.75, 3.05) is 13.1 Å². The van der Waals surface area contributed by atoms with E-state index in [4.69, 9.17) is 5.11 Å². The third-order valence-electron chi connectivity index (χ3n) is 3.54. The highest BCUT2D eigenvalue weighted by Crippen LogP contribution is 2.29. The van der Waals surface area contributed by atoms with Gasteiger partial charge in [-0.15, -0.1) is 0 Å². The molecule has 0 unspecified atom stereocenters. The number of carbonyl (C=O) groups is 1. The Labute approximate surface area is 115 Å². The van der Waals surface area contributed by atoms with Gasteiger partial charge in [-0.2, -0.15) is 13.2 Å². The molecule has 0 spiro atoms. The van der Waals surface area contributed by atoms with Crippen LogP contribution in [0.15, 0.2) is 24.3 Å². The first-order valence-corrected chi connectivity index (χ1v) is 6.47. The lowest BCUT2D eigenvalue weighted by molar-refractivity contribution is -0.143. The van der Waals surface area contributed by atoms with Crippen molar-refractivity contribution in [1.29, 1.82) is 0 Å². The molecule has 0 saturated carbocycles. The number of hydrogen-bond acceptors (Lipinski definition) is 2. The maximum Gasteiger partial charge on any atom is 0.416 e. The van der Waals surface area contributed by atoms with Crippen LogP contribution in [0.5, 0.6) is 0 Å². The Bertz CT molecular complexity index is 470. The fourth-order valence-electron chi connectivity index (χ4n) is 2.46. The highest BCUT2D eigenvalue weighted by molar-refractivity contribution is 5.70. The van der Waals surface area contributed by atoms with E-state index in [9.17, 15) is 18.0 Å². The van der Waals surface area contributed by atoms with Gasteiger partial charge in [0.25, 0.3) is 0 Å². The fourth-order valence-corrected chi connectivity index (χ4v) is 2.46. The summed E-state index contributed by atoms with van der Waals surface area (Å²) >= 11 is 0. The standard InChI is InChI=1S/C14H16F3NO2/c15-14(16,17)12-5-3-10(4-6-12)8-18-7-1-2-11(9-18)13(19)20/h3-6,11H,1-2,7-9H2,(H,19,20)/t11-/m1/s1. The number of piperidine rings is 1. The van der Waals surface area contributed by atoms with Gasteiger partial charge in [-0.3, -0.25) is 9.69 Å². The summed E-state index contributed by atoms with van der Waals surface area (Å²) in [5.41, 5.74) is 0.104. The Hall–Kier alpha value is -1.56. The van der Waals surface area contributed by atoms with E-state index in [0.29, 0.717) is 19.5 Å². The van der Waals surface area contributed by atoms with E-state index in [1.807, 2.05) is 4.90 Å². The Kier molecular flexibility index (Phi) is 4.32. The van der Waals surface area contributed by atoms with Crippen molar-refractivity contribution < 1.29 is 23.1 Å². The van der Waals surface area contributed by atoms with Crippen molar-refractivity contribution >= 4 is 5.97 Å². The van der Waals surface area contributed by atoms with Crippen LogP contribution in [0.25, 0.3) is 0 Å². The van der Waals surface area contributed by atoms with Crippen molar-refractivity contribution in [1.82, 2.24) is 4.90 Å². The minimum Gasteiger partial charge on any atom is -0.481 e. The topological polar surface area (TPSA) is 40.5 Å². The van der Waals surface area contributed by atoms with Crippen LogP contribution < -0.4 is 0 Å². The SMILES string of the molecule is O=C(O)[C@@H]1CCCN(Cc2ccc(C(F)(F)F)cc2)C1. The van der Waals surface area contributed by atoms with Crippen molar-refractivity contribution in [2.24, 2.45) is 5.92 Å². The maximum absolute atomic E-state index is 12.4. The molecule has 1 aromatic carbocycles. The number of hydrogen-bond donors (Lipinski definition) is 1. The van der Waals surface area contributed by atoms with Crippen molar-refractivity contribution in [3.8, 4) is 0 Å². The largest absolute Gasteiger partial charge is 0.481 e. The molecule has 2 rings (SSSR count). The summed E-state index contributed by atoms with van der Waals surface area (Å²) in [6.07, 6.45) is -2.85.